The number of rotatable bonds is 2. The predicted octanol–water partition coefficient (Wildman–Crippen LogP) is 1.72. The minimum atomic E-state index is -4.59. The summed E-state index contributed by atoms with van der Waals surface area (Å²) in [4.78, 5) is 3.70. The Kier molecular flexibility index (Phi) is 2.96. The predicted molar refractivity (Wildman–Crippen MR) is 56.7 cm³/mol. The van der Waals surface area contributed by atoms with Gasteiger partial charge in [-0.15, -0.1) is 0 Å². The topological polar surface area (TPSA) is 69.4 Å². The zero-order valence-corrected chi connectivity index (χ0v) is 9.68. The fraction of sp³-hybridized carbons (Fsp3) is 0.200. The molecule has 0 bridgehead atoms. The molecular formula is C10H8F3NO3S. The molecule has 4 nitrogen and oxygen atoms in total. The molecular weight excluding hydrogens is 271 g/mol. The average molecular weight is 279 g/mol. The van der Waals surface area contributed by atoms with Gasteiger partial charge in [0.15, 0.2) is 0 Å². The SMILES string of the molecule is NOCC1=Cc2ccc(C(F)(F)F)cc2S1(=O)=O. The van der Waals surface area contributed by atoms with E-state index in [0.717, 1.165) is 12.1 Å². The van der Waals surface area contributed by atoms with E-state index in [-0.39, 0.29) is 22.0 Å². The highest BCUT2D eigenvalue weighted by molar-refractivity contribution is 7.95. The lowest BCUT2D eigenvalue weighted by Crippen LogP contribution is -2.11. The second-order valence-corrected chi connectivity index (χ2v) is 5.65. The summed E-state index contributed by atoms with van der Waals surface area (Å²) in [5.74, 6) is 4.78. The van der Waals surface area contributed by atoms with Crippen LogP contribution in [0.2, 0.25) is 0 Å². The summed E-state index contributed by atoms with van der Waals surface area (Å²) in [5.41, 5.74) is -0.803. The van der Waals surface area contributed by atoms with Gasteiger partial charge in [0, 0.05) is 0 Å². The van der Waals surface area contributed by atoms with Crippen molar-refractivity contribution in [1.82, 2.24) is 0 Å². The molecule has 1 heterocycles. The van der Waals surface area contributed by atoms with Crippen LogP contribution in [0.3, 0.4) is 0 Å². The number of sulfone groups is 1. The molecule has 1 aromatic carbocycles. The van der Waals surface area contributed by atoms with Crippen molar-refractivity contribution in [3.63, 3.8) is 0 Å². The third-order valence-corrected chi connectivity index (χ3v) is 4.38. The summed E-state index contributed by atoms with van der Waals surface area (Å²) < 4.78 is 61.3. The Labute approximate surface area is 101 Å². The first-order valence-electron chi connectivity index (χ1n) is 4.75. The highest BCUT2D eigenvalue weighted by Crippen LogP contribution is 2.37. The molecule has 0 spiro atoms. The van der Waals surface area contributed by atoms with Crippen molar-refractivity contribution in [2.45, 2.75) is 11.1 Å². The number of hydrogen-bond acceptors (Lipinski definition) is 4. The molecule has 8 heteroatoms. The maximum Gasteiger partial charge on any atom is 0.416 e. The molecule has 0 amide bonds. The van der Waals surface area contributed by atoms with Gasteiger partial charge in [0.1, 0.15) is 6.61 Å². The molecule has 2 rings (SSSR count). The van der Waals surface area contributed by atoms with Gasteiger partial charge in [0.25, 0.3) is 0 Å². The Morgan fingerprint density at radius 2 is 1.94 bits per heavy atom. The van der Waals surface area contributed by atoms with Gasteiger partial charge >= 0.3 is 6.18 Å². The summed E-state index contributed by atoms with van der Waals surface area (Å²) in [6.07, 6.45) is -3.34. The molecule has 0 aliphatic carbocycles. The third kappa shape index (κ3) is 2.02. The normalized spacial score (nSPS) is 17.4. The Morgan fingerprint density at radius 3 is 2.50 bits per heavy atom. The van der Waals surface area contributed by atoms with Gasteiger partial charge < -0.3 is 0 Å². The third-order valence-electron chi connectivity index (χ3n) is 2.52. The smallest absolute Gasteiger partial charge is 0.299 e. The standard InChI is InChI=1S/C10H8F3NO3S/c11-10(12,13)7-2-1-6-3-8(5-17-14)18(15,16)9(6)4-7/h1-4H,5,14H2. The van der Waals surface area contributed by atoms with Crippen LogP contribution >= 0.6 is 0 Å². The summed E-state index contributed by atoms with van der Waals surface area (Å²) in [6, 6.07) is 2.56. The van der Waals surface area contributed by atoms with Crippen LogP contribution in [0.1, 0.15) is 11.1 Å². The molecule has 0 radical (unpaired) electrons. The maximum absolute atomic E-state index is 12.5. The Bertz CT molecular complexity index is 620. The molecule has 98 valence electrons. The van der Waals surface area contributed by atoms with Crippen LogP contribution in [0.15, 0.2) is 28.0 Å². The minimum Gasteiger partial charge on any atom is -0.299 e. The van der Waals surface area contributed by atoms with Gasteiger partial charge in [-0.2, -0.15) is 13.2 Å². The molecule has 2 N–H and O–H groups in total. The second kappa shape index (κ2) is 4.08. The molecule has 0 unspecified atom stereocenters. The Morgan fingerprint density at radius 1 is 1.28 bits per heavy atom. The molecule has 0 atom stereocenters. The van der Waals surface area contributed by atoms with Crippen molar-refractivity contribution in [2.75, 3.05) is 6.61 Å². The molecule has 0 saturated heterocycles. The molecule has 1 aromatic rings. The minimum absolute atomic E-state index is 0.153. The van der Waals surface area contributed by atoms with E-state index in [4.69, 9.17) is 5.90 Å². The molecule has 18 heavy (non-hydrogen) atoms. The van der Waals surface area contributed by atoms with Crippen LogP contribution in [0, 0.1) is 0 Å². The van der Waals surface area contributed by atoms with Gasteiger partial charge in [0.05, 0.1) is 15.4 Å². The molecule has 0 fully saturated rings. The lowest BCUT2D eigenvalue weighted by Gasteiger charge is -2.08. The van der Waals surface area contributed by atoms with E-state index in [1.54, 1.807) is 0 Å². The van der Waals surface area contributed by atoms with E-state index in [9.17, 15) is 21.6 Å². The molecule has 0 saturated carbocycles. The van der Waals surface area contributed by atoms with Gasteiger partial charge in [-0.3, -0.25) is 4.84 Å². The van der Waals surface area contributed by atoms with Crippen LogP contribution in [0.4, 0.5) is 13.2 Å². The number of alkyl halides is 3. The lowest BCUT2D eigenvalue weighted by atomic mass is 10.1. The van der Waals surface area contributed by atoms with Crippen molar-refractivity contribution in [3.05, 3.63) is 34.2 Å². The van der Waals surface area contributed by atoms with E-state index in [1.165, 1.54) is 6.08 Å². The van der Waals surface area contributed by atoms with Gasteiger partial charge in [0.2, 0.25) is 9.84 Å². The Hall–Kier alpha value is -1.38. The van der Waals surface area contributed by atoms with Crippen molar-refractivity contribution >= 4 is 15.9 Å². The monoisotopic (exact) mass is 279 g/mol. The van der Waals surface area contributed by atoms with Crippen LogP contribution < -0.4 is 5.90 Å². The second-order valence-electron chi connectivity index (χ2n) is 3.68. The number of hydrogen-bond donors (Lipinski definition) is 1. The van der Waals surface area contributed by atoms with Crippen molar-refractivity contribution in [1.29, 1.82) is 0 Å². The van der Waals surface area contributed by atoms with Crippen molar-refractivity contribution in [2.24, 2.45) is 5.90 Å². The zero-order chi connectivity index (χ0) is 13.6. The summed E-state index contributed by atoms with van der Waals surface area (Å²) in [6.45, 7) is -0.377. The highest BCUT2D eigenvalue weighted by atomic mass is 32.2. The van der Waals surface area contributed by atoms with E-state index in [0.29, 0.717) is 6.07 Å². The number of halogens is 3. The number of nitrogens with two attached hydrogens (primary N) is 1. The Balaban J connectivity index is 2.55. The van der Waals surface area contributed by atoms with Crippen molar-refractivity contribution in [3.8, 4) is 0 Å². The van der Waals surface area contributed by atoms with E-state index < -0.39 is 21.6 Å². The highest BCUT2D eigenvalue weighted by Gasteiger charge is 2.35. The van der Waals surface area contributed by atoms with Gasteiger partial charge in [-0.05, 0) is 23.8 Å². The maximum atomic E-state index is 12.5. The summed E-state index contributed by atoms with van der Waals surface area (Å²) in [5, 5.41) is 0. The van der Waals surface area contributed by atoms with Gasteiger partial charge in [-0.1, -0.05) is 6.07 Å². The zero-order valence-electron chi connectivity index (χ0n) is 8.86. The first-order valence-corrected chi connectivity index (χ1v) is 6.24. The van der Waals surface area contributed by atoms with E-state index >= 15 is 0 Å². The van der Waals surface area contributed by atoms with Crippen molar-refractivity contribution < 1.29 is 26.4 Å². The lowest BCUT2D eigenvalue weighted by molar-refractivity contribution is -0.137. The first-order chi connectivity index (χ1) is 8.26. The quantitative estimate of drug-likeness (QED) is 0.837. The van der Waals surface area contributed by atoms with Gasteiger partial charge in [-0.25, -0.2) is 14.3 Å². The van der Waals surface area contributed by atoms with E-state index in [2.05, 4.69) is 4.84 Å². The van der Waals surface area contributed by atoms with E-state index in [1.807, 2.05) is 0 Å². The van der Waals surface area contributed by atoms with Crippen LogP contribution in [0.5, 0.6) is 0 Å². The first kappa shape index (κ1) is 13.1. The summed E-state index contributed by atoms with van der Waals surface area (Å²) in [7, 11) is -3.94. The number of fused-ring (bicyclic) bond motifs is 1. The fourth-order valence-corrected chi connectivity index (χ4v) is 3.16. The molecule has 0 aromatic heterocycles. The average Bonchev–Trinajstić information content (AvgIpc) is 2.50. The van der Waals surface area contributed by atoms with Crippen LogP contribution in [-0.4, -0.2) is 15.0 Å². The van der Waals surface area contributed by atoms with Crippen LogP contribution in [0.25, 0.3) is 6.08 Å². The van der Waals surface area contributed by atoms with Crippen LogP contribution in [-0.2, 0) is 20.9 Å². The summed E-state index contributed by atoms with van der Waals surface area (Å²) >= 11 is 0. The largest absolute Gasteiger partial charge is 0.416 e. The molecule has 1 aliphatic rings. The number of benzene rings is 1. The molecule has 1 aliphatic heterocycles. The fourth-order valence-electron chi connectivity index (χ4n) is 1.66.